The summed E-state index contributed by atoms with van der Waals surface area (Å²) >= 11 is 6.02. The van der Waals surface area contributed by atoms with Gasteiger partial charge in [0, 0.05) is 24.0 Å². The molecule has 2 N–H and O–H groups in total. The van der Waals surface area contributed by atoms with Crippen LogP contribution in [0.25, 0.3) is 0 Å². The van der Waals surface area contributed by atoms with Crippen molar-refractivity contribution in [1.82, 2.24) is 5.32 Å². The molecule has 0 saturated heterocycles. The average Bonchev–Trinajstić information content (AvgIpc) is 2.91. The van der Waals surface area contributed by atoms with Crippen LogP contribution in [0.4, 0.5) is 0 Å². The van der Waals surface area contributed by atoms with Gasteiger partial charge in [-0.2, -0.15) is 0 Å². The average molecular weight is 402 g/mol. The number of carbonyl (C=O) groups excluding carboxylic acids is 1. The third-order valence-corrected chi connectivity index (χ3v) is 5.51. The number of nitrogens with one attached hydrogen (secondary N) is 1. The number of hydrogen-bond acceptors (Lipinski definition) is 4. The van der Waals surface area contributed by atoms with Crippen molar-refractivity contribution in [3.05, 3.63) is 64.2 Å². The fourth-order valence-electron chi connectivity index (χ4n) is 3.58. The van der Waals surface area contributed by atoms with E-state index in [1.165, 1.54) is 11.1 Å². The number of halogens is 1. The van der Waals surface area contributed by atoms with Crippen LogP contribution in [0.2, 0.25) is 5.02 Å². The lowest BCUT2D eigenvalue weighted by atomic mass is 10.0. The van der Waals surface area contributed by atoms with Gasteiger partial charge < -0.3 is 15.2 Å². The molecule has 0 heterocycles. The van der Waals surface area contributed by atoms with E-state index < -0.39 is 6.10 Å². The molecule has 5 heteroatoms. The smallest absolute Gasteiger partial charge is 0.169 e. The van der Waals surface area contributed by atoms with Gasteiger partial charge in [-0.1, -0.05) is 36.7 Å². The molecule has 3 rings (SSSR count). The lowest BCUT2D eigenvalue weighted by Crippen LogP contribution is -2.34. The molecule has 1 aliphatic carbocycles. The Hall–Kier alpha value is -1.88. The molecular weight excluding hydrogens is 374 g/mol. The van der Waals surface area contributed by atoms with Crippen LogP contribution in [0.5, 0.6) is 5.75 Å². The molecule has 4 nitrogen and oxygen atoms in total. The van der Waals surface area contributed by atoms with E-state index in [-0.39, 0.29) is 12.4 Å². The van der Waals surface area contributed by atoms with E-state index in [0.717, 1.165) is 37.0 Å². The number of aliphatic hydroxyl groups excluding tert-OH is 1. The second-order valence-corrected chi connectivity index (χ2v) is 7.82. The summed E-state index contributed by atoms with van der Waals surface area (Å²) in [5.41, 5.74) is 3.42. The van der Waals surface area contributed by atoms with Crippen LogP contribution >= 0.6 is 11.6 Å². The highest BCUT2D eigenvalue weighted by Gasteiger charge is 2.19. The molecule has 0 saturated carbocycles. The lowest BCUT2D eigenvalue weighted by Gasteiger charge is -2.20. The first-order valence-electron chi connectivity index (χ1n) is 9.98. The molecule has 0 bridgehead atoms. The van der Waals surface area contributed by atoms with Crippen molar-refractivity contribution in [2.24, 2.45) is 0 Å². The number of aryl methyl sites for hydroxylation is 1. The maximum atomic E-state index is 11.5. The van der Waals surface area contributed by atoms with E-state index in [1.807, 2.05) is 25.1 Å². The van der Waals surface area contributed by atoms with Crippen molar-refractivity contribution in [3.8, 4) is 5.75 Å². The van der Waals surface area contributed by atoms with Crippen molar-refractivity contribution in [3.63, 3.8) is 0 Å². The highest BCUT2D eigenvalue weighted by atomic mass is 35.5. The molecule has 1 aliphatic rings. The SMILES string of the molecule is CCC(=O)COc1ccc2c(c1)C[C@@H](NC[C@H](O)c1cccc(Cl)c1)CCC2. The zero-order valence-corrected chi connectivity index (χ0v) is 17.0. The highest BCUT2D eigenvalue weighted by Crippen LogP contribution is 2.26. The van der Waals surface area contributed by atoms with Gasteiger partial charge in [0.05, 0.1) is 6.10 Å². The van der Waals surface area contributed by atoms with Gasteiger partial charge in [0.1, 0.15) is 12.4 Å². The van der Waals surface area contributed by atoms with Crippen LogP contribution in [-0.4, -0.2) is 30.1 Å². The van der Waals surface area contributed by atoms with Gasteiger partial charge in [-0.05, 0) is 66.6 Å². The molecule has 0 radical (unpaired) electrons. The Morgan fingerprint density at radius 3 is 2.93 bits per heavy atom. The summed E-state index contributed by atoms with van der Waals surface area (Å²) < 4.78 is 5.65. The molecule has 0 unspecified atom stereocenters. The molecule has 0 aliphatic heterocycles. The largest absolute Gasteiger partial charge is 0.486 e. The van der Waals surface area contributed by atoms with E-state index in [1.54, 1.807) is 12.1 Å². The Morgan fingerprint density at radius 2 is 2.14 bits per heavy atom. The minimum Gasteiger partial charge on any atom is -0.486 e. The van der Waals surface area contributed by atoms with E-state index in [0.29, 0.717) is 24.0 Å². The van der Waals surface area contributed by atoms with Crippen molar-refractivity contribution < 1.29 is 14.6 Å². The zero-order valence-electron chi connectivity index (χ0n) is 16.3. The number of Topliss-reactive ketones (excluding diaryl/α,β-unsaturated/α-hetero) is 1. The Balaban J connectivity index is 1.60. The van der Waals surface area contributed by atoms with Gasteiger partial charge in [-0.15, -0.1) is 0 Å². The molecule has 2 aromatic rings. The van der Waals surface area contributed by atoms with Gasteiger partial charge in [0.25, 0.3) is 0 Å². The molecular formula is C23H28ClNO3. The first kappa shape index (κ1) is 20.8. The lowest BCUT2D eigenvalue weighted by molar-refractivity contribution is -0.120. The summed E-state index contributed by atoms with van der Waals surface area (Å²) in [5.74, 6) is 0.852. The number of ether oxygens (including phenoxy) is 1. The second-order valence-electron chi connectivity index (χ2n) is 7.38. The Morgan fingerprint density at radius 1 is 1.29 bits per heavy atom. The Kier molecular flexibility index (Phi) is 7.49. The van der Waals surface area contributed by atoms with E-state index >= 15 is 0 Å². The summed E-state index contributed by atoms with van der Waals surface area (Å²) in [5, 5.41) is 14.6. The highest BCUT2D eigenvalue weighted by molar-refractivity contribution is 6.30. The first-order chi connectivity index (χ1) is 13.5. The van der Waals surface area contributed by atoms with Gasteiger partial charge in [0.2, 0.25) is 0 Å². The quantitative estimate of drug-likeness (QED) is 0.648. The van der Waals surface area contributed by atoms with Crippen molar-refractivity contribution >= 4 is 17.4 Å². The topological polar surface area (TPSA) is 58.6 Å². The molecule has 0 spiro atoms. The van der Waals surface area contributed by atoms with Crippen LogP contribution in [0.3, 0.4) is 0 Å². The summed E-state index contributed by atoms with van der Waals surface area (Å²) in [6.07, 6.45) is 3.99. The zero-order chi connectivity index (χ0) is 19.9. The van der Waals surface area contributed by atoms with Crippen LogP contribution in [-0.2, 0) is 17.6 Å². The molecule has 2 aromatic carbocycles. The van der Waals surface area contributed by atoms with Crippen molar-refractivity contribution in [2.45, 2.75) is 51.2 Å². The number of ketones is 1. The molecule has 0 amide bonds. The van der Waals surface area contributed by atoms with E-state index in [9.17, 15) is 9.90 Å². The Labute approximate surface area is 171 Å². The minimum absolute atomic E-state index is 0.101. The van der Waals surface area contributed by atoms with Gasteiger partial charge in [-0.3, -0.25) is 4.79 Å². The summed E-state index contributed by atoms with van der Waals surface area (Å²) in [6.45, 7) is 2.46. The van der Waals surface area contributed by atoms with Crippen molar-refractivity contribution in [1.29, 1.82) is 0 Å². The van der Waals surface area contributed by atoms with Crippen LogP contribution in [0.1, 0.15) is 49.0 Å². The monoisotopic (exact) mass is 401 g/mol. The van der Waals surface area contributed by atoms with E-state index in [4.69, 9.17) is 16.3 Å². The fourth-order valence-corrected chi connectivity index (χ4v) is 3.78. The predicted molar refractivity (Wildman–Crippen MR) is 112 cm³/mol. The number of fused-ring (bicyclic) bond motifs is 1. The summed E-state index contributed by atoms with van der Waals surface area (Å²) in [4.78, 5) is 11.5. The minimum atomic E-state index is -0.587. The molecule has 2 atom stereocenters. The van der Waals surface area contributed by atoms with Gasteiger partial charge >= 0.3 is 0 Å². The van der Waals surface area contributed by atoms with Crippen LogP contribution < -0.4 is 10.1 Å². The fraction of sp³-hybridized carbons (Fsp3) is 0.435. The number of benzene rings is 2. The van der Waals surface area contributed by atoms with Gasteiger partial charge in [-0.25, -0.2) is 0 Å². The normalized spacial score (nSPS) is 17.5. The number of aliphatic hydroxyl groups is 1. The number of rotatable bonds is 8. The van der Waals surface area contributed by atoms with Crippen LogP contribution in [0.15, 0.2) is 42.5 Å². The molecule has 0 fully saturated rings. The molecule has 150 valence electrons. The third-order valence-electron chi connectivity index (χ3n) is 5.27. The third kappa shape index (κ3) is 5.81. The maximum absolute atomic E-state index is 11.5. The van der Waals surface area contributed by atoms with Gasteiger partial charge in [0.15, 0.2) is 5.78 Å². The standard InChI is InChI=1S/C23H28ClNO3/c1-2-21(26)15-28-22-10-9-16-5-4-8-20(12-18(16)13-22)25-14-23(27)17-6-3-7-19(24)11-17/h3,6-7,9-11,13,20,23,25,27H,2,4-5,8,12,14-15H2,1H3/t20-,23-/m0/s1. The summed E-state index contributed by atoms with van der Waals surface area (Å²) in [6, 6.07) is 13.8. The molecule has 0 aromatic heterocycles. The first-order valence-corrected chi connectivity index (χ1v) is 10.4. The number of hydrogen-bond donors (Lipinski definition) is 2. The Bertz CT molecular complexity index is 808. The van der Waals surface area contributed by atoms with E-state index in [2.05, 4.69) is 17.4 Å². The summed E-state index contributed by atoms with van der Waals surface area (Å²) in [7, 11) is 0. The predicted octanol–water partition coefficient (Wildman–Crippen LogP) is 4.27. The maximum Gasteiger partial charge on any atom is 0.169 e. The van der Waals surface area contributed by atoms with Crippen molar-refractivity contribution in [2.75, 3.05) is 13.2 Å². The molecule has 28 heavy (non-hydrogen) atoms. The van der Waals surface area contributed by atoms with Crippen LogP contribution in [0, 0.1) is 0 Å². The number of carbonyl (C=O) groups is 1. The second kappa shape index (κ2) is 10.1.